The van der Waals surface area contributed by atoms with Crippen LogP contribution in [-0.2, 0) is 11.3 Å². The van der Waals surface area contributed by atoms with E-state index < -0.39 is 0 Å². The number of amides is 2. The van der Waals surface area contributed by atoms with Gasteiger partial charge in [-0.25, -0.2) is 9.67 Å². The van der Waals surface area contributed by atoms with Gasteiger partial charge in [0, 0.05) is 11.0 Å². The lowest BCUT2D eigenvalue weighted by molar-refractivity contribution is -0.115. The van der Waals surface area contributed by atoms with Gasteiger partial charge in [-0.15, -0.1) is 11.3 Å². The zero-order valence-electron chi connectivity index (χ0n) is 16.1. The number of carbonyl (C=O) groups is 2. The minimum Gasteiger partial charge on any atom is -0.343 e. The molecule has 9 heteroatoms. The molecule has 1 aromatic carbocycles. The number of nitrogens with one attached hydrogen (secondary N) is 2. The molecule has 0 bridgehead atoms. The molecule has 0 fully saturated rings. The molecule has 0 aliphatic carbocycles. The number of nitrogens with zero attached hydrogens (tertiary/aromatic N) is 3. The number of hydrogen-bond acceptors (Lipinski definition) is 5. The fraction of sp³-hybridized carbons (Fsp3) is 0.143. The lowest BCUT2D eigenvalue weighted by atomic mass is 10.1. The van der Waals surface area contributed by atoms with Crippen molar-refractivity contribution in [2.75, 3.05) is 11.9 Å². The number of thiophene rings is 1. The average molecular weight is 484 g/mol. The second kappa shape index (κ2) is 8.76. The molecule has 0 saturated carbocycles. The van der Waals surface area contributed by atoms with E-state index in [1.165, 1.54) is 0 Å². The standard InChI is InChI=1S/C21H18BrN5O2S/c1-2-27-20-14(11-24-27)13(10-17(26-20)18-8-5-9-30-18)21(29)23-12-19(28)25-16-7-4-3-6-15(16)22/h3-11H,2,12H2,1H3,(H,23,29)(H,25,28). The molecule has 0 aliphatic rings. The third kappa shape index (κ3) is 4.12. The third-order valence-corrected chi connectivity index (χ3v) is 6.07. The van der Waals surface area contributed by atoms with Crippen LogP contribution in [0.2, 0.25) is 0 Å². The van der Waals surface area contributed by atoms with Crippen LogP contribution in [0.15, 0.2) is 58.5 Å². The Balaban J connectivity index is 1.57. The van der Waals surface area contributed by atoms with Gasteiger partial charge in [0.2, 0.25) is 5.91 Å². The zero-order valence-corrected chi connectivity index (χ0v) is 18.5. The van der Waals surface area contributed by atoms with E-state index >= 15 is 0 Å². The number of fused-ring (bicyclic) bond motifs is 1. The maximum atomic E-state index is 12.9. The Labute approximate surface area is 185 Å². The highest BCUT2D eigenvalue weighted by Crippen LogP contribution is 2.28. The summed E-state index contributed by atoms with van der Waals surface area (Å²) in [6, 6.07) is 12.9. The van der Waals surface area contributed by atoms with Gasteiger partial charge in [0.25, 0.3) is 5.91 Å². The monoisotopic (exact) mass is 483 g/mol. The highest BCUT2D eigenvalue weighted by atomic mass is 79.9. The minimum absolute atomic E-state index is 0.153. The molecule has 0 aliphatic heterocycles. The van der Waals surface area contributed by atoms with Crippen LogP contribution < -0.4 is 10.6 Å². The molecule has 4 rings (SSSR count). The molecule has 2 N–H and O–H groups in total. The van der Waals surface area contributed by atoms with Crippen molar-refractivity contribution in [1.82, 2.24) is 20.1 Å². The molecule has 0 atom stereocenters. The lowest BCUT2D eigenvalue weighted by Gasteiger charge is -2.10. The molecular weight excluding hydrogens is 466 g/mol. The van der Waals surface area contributed by atoms with Gasteiger partial charge in [0.05, 0.1) is 39.9 Å². The summed E-state index contributed by atoms with van der Waals surface area (Å²) in [6.45, 7) is 2.46. The maximum absolute atomic E-state index is 12.9. The van der Waals surface area contributed by atoms with Crippen LogP contribution in [0.5, 0.6) is 0 Å². The van der Waals surface area contributed by atoms with E-state index in [0.29, 0.717) is 34.5 Å². The van der Waals surface area contributed by atoms with Crippen LogP contribution >= 0.6 is 27.3 Å². The van der Waals surface area contributed by atoms with E-state index in [0.717, 1.165) is 9.35 Å². The summed E-state index contributed by atoms with van der Waals surface area (Å²) in [7, 11) is 0. The van der Waals surface area contributed by atoms with Crippen molar-refractivity contribution in [3.63, 3.8) is 0 Å². The Hall–Kier alpha value is -3.04. The van der Waals surface area contributed by atoms with E-state index in [1.807, 2.05) is 42.6 Å². The van der Waals surface area contributed by atoms with E-state index in [4.69, 9.17) is 4.98 Å². The molecule has 30 heavy (non-hydrogen) atoms. The van der Waals surface area contributed by atoms with Gasteiger partial charge in [-0.2, -0.15) is 5.10 Å². The van der Waals surface area contributed by atoms with Gasteiger partial charge in [0.15, 0.2) is 5.65 Å². The summed E-state index contributed by atoms with van der Waals surface area (Å²) in [5.41, 5.74) is 2.44. The van der Waals surface area contributed by atoms with Gasteiger partial charge in [-0.1, -0.05) is 18.2 Å². The fourth-order valence-corrected chi connectivity index (χ4v) is 4.10. The number of para-hydroxylation sites is 1. The number of hydrogen-bond donors (Lipinski definition) is 2. The highest BCUT2D eigenvalue weighted by molar-refractivity contribution is 9.10. The number of aromatic nitrogens is 3. The summed E-state index contributed by atoms with van der Waals surface area (Å²) in [6.07, 6.45) is 1.64. The van der Waals surface area contributed by atoms with Crippen molar-refractivity contribution in [3.05, 3.63) is 64.1 Å². The van der Waals surface area contributed by atoms with Gasteiger partial charge >= 0.3 is 0 Å². The number of carbonyl (C=O) groups excluding carboxylic acids is 2. The largest absolute Gasteiger partial charge is 0.343 e. The summed E-state index contributed by atoms with van der Waals surface area (Å²) in [5, 5.41) is 12.4. The molecule has 152 valence electrons. The summed E-state index contributed by atoms with van der Waals surface area (Å²) in [4.78, 5) is 30.9. The number of halogens is 1. The maximum Gasteiger partial charge on any atom is 0.252 e. The Morgan fingerprint density at radius 1 is 1.20 bits per heavy atom. The second-order valence-corrected chi connectivity index (χ2v) is 8.24. The van der Waals surface area contributed by atoms with Crippen molar-refractivity contribution in [2.24, 2.45) is 0 Å². The van der Waals surface area contributed by atoms with Gasteiger partial charge < -0.3 is 10.6 Å². The van der Waals surface area contributed by atoms with Crippen LogP contribution in [0.4, 0.5) is 5.69 Å². The quantitative estimate of drug-likeness (QED) is 0.427. The molecule has 0 unspecified atom stereocenters. The number of rotatable bonds is 6. The third-order valence-electron chi connectivity index (χ3n) is 4.48. The average Bonchev–Trinajstić information content (AvgIpc) is 3.42. The first-order valence-electron chi connectivity index (χ1n) is 9.30. The summed E-state index contributed by atoms with van der Waals surface area (Å²) in [5.74, 6) is -0.665. The first-order valence-corrected chi connectivity index (χ1v) is 11.0. The normalized spacial score (nSPS) is 10.9. The molecule has 0 saturated heterocycles. The molecule has 7 nitrogen and oxygen atoms in total. The van der Waals surface area contributed by atoms with Crippen molar-refractivity contribution in [2.45, 2.75) is 13.5 Å². The molecular formula is C21H18BrN5O2S. The van der Waals surface area contributed by atoms with Crippen LogP contribution in [0.1, 0.15) is 17.3 Å². The number of pyridine rings is 1. The highest BCUT2D eigenvalue weighted by Gasteiger charge is 2.18. The lowest BCUT2D eigenvalue weighted by Crippen LogP contribution is -2.33. The van der Waals surface area contributed by atoms with Gasteiger partial charge in [-0.05, 0) is 52.5 Å². The van der Waals surface area contributed by atoms with E-state index in [9.17, 15) is 9.59 Å². The smallest absolute Gasteiger partial charge is 0.252 e. The molecule has 0 spiro atoms. The Morgan fingerprint density at radius 3 is 2.77 bits per heavy atom. The fourth-order valence-electron chi connectivity index (χ4n) is 3.03. The Kier molecular flexibility index (Phi) is 5.91. The van der Waals surface area contributed by atoms with Crippen LogP contribution in [-0.4, -0.2) is 33.1 Å². The van der Waals surface area contributed by atoms with Crippen molar-refractivity contribution in [1.29, 1.82) is 0 Å². The molecule has 0 radical (unpaired) electrons. The van der Waals surface area contributed by atoms with Gasteiger partial charge in [-0.3, -0.25) is 9.59 Å². The first kappa shape index (κ1) is 20.2. The molecule has 3 heterocycles. The van der Waals surface area contributed by atoms with Crippen molar-refractivity contribution in [3.8, 4) is 10.6 Å². The van der Waals surface area contributed by atoms with E-state index in [-0.39, 0.29) is 18.4 Å². The predicted octanol–water partition coefficient (Wildman–Crippen LogP) is 4.31. The zero-order chi connectivity index (χ0) is 21.1. The van der Waals surface area contributed by atoms with Crippen LogP contribution in [0.25, 0.3) is 21.6 Å². The predicted molar refractivity (Wildman–Crippen MR) is 122 cm³/mol. The summed E-state index contributed by atoms with van der Waals surface area (Å²) >= 11 is 4.94. The van der Waals surface area contributed by atoms with Crippen molar-refractivity contribution < 1.29 is 9.59 Å². The first-order chi connectivity index (χ1) is 14.6. The Morgan fingerprint density at radius 2 is 2.03 bits per heavy atom. The number of benzene rings is 1. The van der Waals surface area contributed by atoms with Crippen LogP contribution in [0, 0.1) is 0 Å². The van der Waals surface area contributed by atoms with E-state index in [2.05, 4.69) is 31.7 Å². The second-order valence-electron chi connectivity index (χ2n) is 6.44. The molecule has 4 aromatic rings. The molecule has 3 aromatic heterocycles. The van der Waals surface area contributed by atoms with E-state index in [1.54, 1.807) is 34.3 Å². The Bertz CT molecular complexity index is 1220. The molecule has 2 amide bonds. The van der Waals surface area contributed by atoms with Gasteiger partial charge in [0.1, 0.15) is 0 Å². The van der Waals surface area contributed by atoms with Crippen LogP contribution in [0.3, 0.4) is 0 Å². The van der Waals surface area contributed by atoms with Crippen molar-refractivity contribution >= 4 is 55.8 Å². The number of anilines is 1. The minimum atomic E-state index is -0.349. The topological polar surface area (TPSA) is 88.9 Å². The number of aryl methyl sites for hydroxylation is 1. The summed E-state index contributed by atoms with van der Waals surface area (Å²) < 4.78 is 2.52. The SMILES string of the molecule is CCn1ncc2c(C(=O)NCC(=O)Nc3ccccc3Br)cc(-c3cccs3)nc21.